The van der Waals surface area contributed by atoms with Crippen molar-refractivity contribution < 1.29 is 4.79 Å². The smallest absolute Gasteiger partial charge is 0.272 e. The van der Waals surface area contributed by atoms with E-state index in [1.165, 1.54) is 5.56 Å². The predicted octanol–water partition coefficient (Wildman–Crippen LogP) is 3.10. The van der Waals surface area contributed by atoms with Crippen molar-refractivity contribution in [3.8, 4) is 0 Å². The van der Waals surface area contributed by atoms with Crippen LogP contribution in [-0.4, -0.2) is 71.5 Å². The quantitative estimate of drug-likeness (QED) is 0.724. The van der Waals surface area contributed by atoms with Gasteiger partial charge in [0.25, 0.3) is 5.91 Å². The van der Waals surface area contributed by atoms with E-state index < -0.39 is 0 Å². The molecule has 0 bridgehead atoms. The molecule has 3 rings (SSSR count). The Morgan fingerprint density at radius 2 is 1.76 bits per heavy atom. The van der Waals surface area contributed by atoms with Gasteiger partial charge in [-0.15, -0.1) is 0 Å². The summed E-state index contributed by atoms with van der Waals surface area (Å²) in [6.07, 6.45) is 4.39. The number of rotatable bonds is 7. The molecule has 1 amide bonds. The van der Waals surface area contributed by atoms with Gasteiger partial charge >= 0.3 is 0 Å². The van der Waals surface area contributed by atoms with Crippen LogP contribution in [-0.2, 0) is 0 Å². The Morgan fingerprint density at radius 3 is 2.41 bits per heavy atom. The molecule has 0 aliphatic carbocycles. The first-order valence-corrected chi connectivity index (χ1v) is 10.4. The molecule has 6 nitrogen and oxygen atoms in total. The third-order valence-corrected chi connectivity index (χ3v) is 5.24. The molecule has 0 unspecified atom stereocenters. The fourth-order valence-corrected chi connectivity index (χ4v) is 3.51. The predicted molar refractivity (Wildman–Crippen MR) is 118 cm³/mol. The highest BCUT2D eigenvalue weighted by Gasteiger charge is 2.21. The Bertz CT molecular complexity index is 824. The van der Waals surface area contributed by atoms with E-state index in [0.29, 0.717) is 24.7 Å². The minimum atomic E-state index is -0.0218. The van der Waals surface area contributed by atoms with E-state index in [9.17, 15) is 4.79 Å². The number of carbonyl (C=O) groups is 1. The number of hydrogen-bond acceptors (Lipinski definition) is 5. The molecule has 0 atom stereocenters. The van der Waals surface area contributed by atoms with Gasteiger partial charge in [-0.05, 0) is 32.4 Å². The number of anilines is 1. The lowest BCUT2D eigenvalue weighted by molar-refractivity contribution is 0.0767. The molecule has 6 heteroatoms. The number of nitrogens with zero attached hydrogens (tertiary/aromatic N) is 5. The van der Waals surface area contributed by atoms with Gasteiger partial charge in [-0.3, -0.25) is 9.69 Å². The highest BCUT2D eigenvalue weighted by Crippen LogP contribution is 2.15. The fourth-order valence-electron chi connectivity index (χ4n) is 3.51. The summed E-state index contributed by atoms with van der Waals surface area (Å²) in [6.45, 7) is 11.8. The number of piperazine rings is 1. The molecular weight excluding hydrogens is 362 g/mol. The van der Waals surface area contributed by atoms with Gasteiger partial charge in [0, 0.05) is 51.5 Å². The van der Waals surface area contributed by atoms with Crippen molar-refractivity contribution in [2.45, 2.75) is 20.8 Å². The molecule has 0 saturated carbocycles. The van der Waals surface area contributed by atoms with Gasteiger partial charge in [0.1, 0.15) is 5.69 Å². The molecule has 2 heterocycles. The lowest BCUT2D eigenvalue weighted by Gasteiger charge is -2.34. The van der Waals surface area contributed by atoms with Crippen molar-refractivity contribution in [3.63, 3.8) is 0 Å². The van der Waals surface area contributed by atoms with Crippen molar-refractivity contribution >= 4 is 17.9 Å². The van der Waals surface area contributed by atoms with Gasteiger partial charge in [0.2, 0.25) is 5.95 Å². The summed E-state index contributed by atoms with van der Waals surface area (Å²) in [5.41, 5.74) is 2.55. The van der Waals surface area contributed by atoms with Crippen LogP contribution in [0, 0.1) is 6.92 Å². The van der Waals surface area contributed by atoms with E-state index in [-0.39, 0.29) is 5.91 Å². The summed E-state index contributed by atoms with van der Waals surface area (Å²) < 4.78 is 0. The molecule has 154 valence electrons. The summed E-state index contributed by atoms with van der Waals surface area (Å²) in [5, 5.41) is 0. The maximum Gasteiger partial charge on any atom is 0.272 e. The number of carbonyl (C=O) groups excluding carboxylic acids is 1. The second-order valence-electron chi connectivity index (χ2n) is 7.27. The van der Waals surface area contributed by atoms with Gasteiger partial charge < -0.3 is 9.80 Å². The van der Waals surface area contributed by atoms with Gasteiger partial charge in [-0.2, -0.15) is 0 Å². The minimum absolute atomic E-state index is 0.0218. The van der Waals surface area contributed by atoms with Gasteiger partial charge in [-0.25, -0.2) is 9.97 Å². The molecule has 1 fully saturated rings. The van der Waals surface area contributed by atoms with Gasteiger partial charge in [0.15, 0.2) is 0 Å². The standard InChI is InChI=1S/C23H31N5O/c1-4-27(5-2)22(29)21-18-19(3)24-23(25-21)28-16-14-26(15-17-28)13-9-12-20-10-7-6-8-11-20/h6-12,18H,4-5,13-17H2,1-3H3/b12-9+. The largest absolute Gasteiger partial charge is 0.338 e. The molecule has 0 N–H and O–H groups in total. The molecule has 2 aromatic rings. The Kier molecular flexibility index (Phi) is 7.36. The molecule has 0 radical (unpaired) electrons. The fraction of sp³-hybridized carbons (Fsp3) is 0.435. The normalized spacial score (nSPS) is 15.1. The van der Waals surface area contributed by atoms with Crippen LogP contribution in [0.25, 0.3) is 6.08 Å². The summed E-state index contributed by atoms with van der Waals surface area (Å²) >= 11 is 0. The van der Waals surface area contributed by atoms with Crippen LogP contribution in [0.2, 0.25) is 0 Å². The van der Waals surface area contributed by atoms with Crippen LogP contribution in [0.1, 0.15) is 35.6 Å². The van der Waals surface area contributed by atoms with Crippen LogP contribution in [0.15, 0.2) is 42.5 Å². The second kappa shape index (κ2) is 10.2. The summed E-state index contributed by atoms with van der Waals surface area (Å²) in [7, 11) is 0. The van der Waals surface area contributed by atoms with E-state index in [4.69, 9.17) is 0 Å². The highest BCUT2D eigenvalue weighted by atomic mass is 16.2. The topological polar surface area (TPSA) is 52.6 Å². The Hall–Kier alpha value is -2.73. The van der Waals surface area contributed by atoms with E-state index in [1.807, 2.05) is 26.8 Å². The Labute approximate surface area is 173 Å². The summed E-state index contributed by atoms with van der Waals surface area (Å²) in [5.74, 6) is 0.645. The van der Waals surface area contributed by atoms with Crippen molar-refractivity contribution in [2.24, 2.45) is 0 Å². The first-order valence-electron chi connectivity index (χ1n) is 10.4. The van der Waals surface area contributed by atoms with E-state index in [1.54, 1.807) is 11.0 Å². The van der Waals surface area contributed by atoms with Crippen molar-refractivity contribution in [2.75, 3.05) is 50.7 Å². The van der Waals surface area contributed by atoms with Crippen molar-refractivity contribution in [3.05, 3.63) is 59.4 Å². The van der Waals surface area contributed by atoms with Gasteiger partial charge in [0.05, 0.1) is 0 Å². The molecule has 1 aliphatic rings. The molecule has 1 aliphatic heterocycles. The van der Waals surface area contributed by atoms with Gasteiger partial charge in [-0.1, -0.05) is 42.5 Å². The first kappa shape index (κ1) is 21.0. The molecule has 1 saturated heterocycles. The number of aromatic nitrogens is 2. The van der Waals surface area contributed by atoms with E-state index in [0.717, 1.165) is 38.4 Å². The van der Waals surface area contributed by atoms with Crippen molar-refractivity contribution in [1.29, 1.82) is 0 Å². The molecule has 0 spiro atoms. The highest BCUT2D eigenvalue weighted by molar-refractivity contribution is 5.92. The van der Waals surface area contributed by atoms with E-state index >= 15 is 0 Å². The van der Waals surface area contributed by atoms with Crippen LogP contribution in [0.4, 0.5) is 5.95 Å². The minimum Gasteiger partial charge on any atom is -0.338 e. The SMILES string of the molecule is CCN(CC)C(=O)c1cc(C)nc(N2CCN(C/C=C/c3ccccc3)CC2)n1. The zero-order valence-corrected chi connectivity index (χ0v) is 17.7. The van der Waals surface area contributed by atoms with Crippen LogP contribution < -0.4 is 4.90 Å². The Balaban J connectivity index is 1.59. The maximum atomic E-state index is 12.7. The maximum absolute atomic E-state index is 12.7. The third-order valence-electron chi connectivity index (χ3n) is 5.24. The number of aryl methyl sites for hydroxylation is 1. The third kappa shape index (κ3) is 5.64. The molecule has 1 aromatic heterocycles. The summed E-state index contributed by atoms with van der Waals surface area (Å²) in [4.78, 5) is 28.3. The first-order chi connectivity index (χ1) is 14.1. The molecule has 1 aromatic carbocycles. The number of benzene rings is 1. The molecular formula is C23H31N5O. The van der Waals surface area contributed by atoms with E-state index in [2.05, 4.69) is 56.2 Å². The zero-order valence-electron chi connectivity index (χ0n) is 17.7. The zero-order chi connectivity index (χ0) is 20.6. The van der Waals surface area contributed by atoms with Crippen molar-refractivity contribution in [1.82, 2.24) is 19.8 Å². The van der Waals surface area contributed by atoms with Crippen LogP contribution >= 0.6 is 0 Å². The van der Waals surface area contributed by atoms with Crippen LogP contribution in [0.3, 0.4) is 0 Å². The lowest BCUT2D eigenvalue weighted by Crippen LogP contribution is -2.47. The average Bonchev–Trinajstić information content (AvgIpc) is 2.75. The lowest BCUT2D eigenvalue weighted by atomic mass is 10.2. The number of amides is 1. The second-order valence-corrected chi connectivity index (χ2v) is 7.27. The number of hydrogen-bond donors (Lipinski definition) is 0. The van der Waals surface area contributed by atoms with Crippen LogP contribution in [0.5, 0.6) is 0 Å². The molecule has 29 heavy (non-hydrogen) atoms. The average molecular weight is 394 g/mol. The Morgan fingerprint density at radius 1 is 1.07 bits per heavy atom. The summed E-state index contributed by atoms with van der Waals surface area (Å²) in [6, 6.07) is 12.2. The monoisotopic (exact) mass is 393 g/mol.